The monoisotopic (exact) mass is 297 g/mol. The van der Waals surface area contributed by atoms with Crippen molar-refractivity contribution in [2.75, 3.05) is 20.8 Å². The number of nitrogens with two attached hydrogens (primary N) is 1. The average molecular weight is 297 g/mol. The Labute approximate surface area is 124 Å². The number of nitrogens with one attached hydrogen (secondary N) is 1. The van der Waals surface area contributed by atoms with E-state index in [2.05, 4.69) is 10.3 Å². The van der Waals surface area contributed by atoms with Crippen molar-refractivity contribution < 1.29 is 19.0 Å². The van der Waals surface area contributed by atoms with E-state index in [4.69, 9.17) is 19.9 Å². The molecule has 21 heavy (non-hydrogen) atoms. The molecule has 1 atom stereocenters. The van der Waals surface area contributed by atoms with E-state index in [1.165, 1.54) is 14.2 Å². The zero-order valence-electron chi connectivity index (χ0n) is 13.1. The van der Waals surface area contributed by atoms with Crippen LogP contribution in [0.5, 0.6) is 11.6 Å². The van der Waals surface area contributed by atoms with Crippen LogP contribution in [0.1, 0.15) is 32.4 Å². The molecule has 0 aliphatic rings. The van der Waals surface area contributed by atoms with Gasteiger partial charge in [0.1, 0.15) is 11.4 Å². The molecule has 1 aromatic heterocycles. The molecule has 1 rings (SSSR count). The Hall–Kier alpha value is -2.02. The summed E-state index contributed by atoms with van der Waals surface area (Å²) in [5.74, 6) is 0.884. The van der Waals surface area contributed by atoms with Gasteiger partial charge in [0.2, 0.25) is 5.88 Å². The van der Waals surface area contributed by atoms with Gasteiger partial charge in [-0.25, -0.2) is 9.78 Å². The fourth-order valence-electron chi connectivity index (χ4n) is 1.80. The summed E-state index contributed by atoms with van der Waals surface area (Å²) < 4.78 is 15.7. The SMILES string of the molecule is COc1ccnc(OC)c1C(CN)NC(=O)OC(C)(C)C. The third-order valence-electron chi connectivity index (χ3n) is 2.60. The molecule has 0 radical (unpaired) electrons. The van der Waals surface area contributed by atoms with E-state index >= 15 is 0 Å². The van der Waals surface area contributed by atoms with Crippen LogP contribution in [-0.4, -0.2) is 37.4 Å². The molecule has 0 aromatic carbocycles. The summed E-state index contributed by atoms with van der Waals surface area (Å²) in [5, 5.41) is 2.70. The normalized spacial score (nSPS) is 12.5. The van der Waals surface area contributed by atoms with Crippen molar-refractivity contribution in [2.45, 2.75) is 32.4 Å². The standard InChI is InChI=1S/C14H23N3O4/c1-14(2,3)21-13(18)17-9(8-15)11-10(19-4)6-7-16-12(11)20-5/h6-7,9H,8,15H2,1-5H3,(H,17,18). The molecule has 0 saturated heterocycles. The van der Waals surface area contributed by atoms with Crippen LogP contribution in [0, 0.1) is 0 Å². The zero-order chi connectivity index (χ0) is 16.0. The maximum atomic E-state index is 11.9. The van der Waals surface area contributed by atoms with Crippen LogP contribution in [0.3, 0.4) is 0 Å². The molecule has 1 heterocycles. The number of hydrogen-bond acceptors (Lipinski definition) is 6. The Morgan fingerprint density at radius 3 is 2.52 bits per heavy atom. The maximum absolute atomic E-state index is 11.9. The minimum Gasteiger partial charge on any atom is -0.496 e. The van der Waals surface area contributed by atoms with Crippen LogP contribution in [0.2, 0.25) is 0 Å². The third kappa shape index (κ3) is 4.78. The van der Waals surface area contributed by atoms with Gasteiger partial charge in [-0.3, -0.25) is 0 Å². The van der Waals surface area contributed by atoms with Gasteiger partial charge in [-0.15, -0.1) is 0 Å². The number of ether oxygens (including phenoxy) is 3. The van der Waals surface area contributed by atoms with Crippen LogP contribution >= 0.6 is 0 Å². The van der Waals surface area contributed by atoms with Crippen molar-refractivity contribution in [3.05, 3.63) is 17.8 Å². The van der Waals surface area contributed by atoms with Gasteiger partial charge in [-0.2, -0.15) is 0 Å². The molecule has 118 valence electrons. The number of carbonyl (C=O) groups excluding carboxylic acids is 1. The van der Waals surface area contributed by atoms with Gasteiger partial charge in [0.25, 0.3) is 0 Å². The second-order valence-corrected chi connectivity index (χ2v) is 5.37. The van der Waals surface area contributed by atoms with Gasteiger partial charge >= 0.3 is 6.09 Å². The number of methoxy groups -OCH3 is 2. The lowest BCUT2D eigenvalue weighted by atomic mass is 10.1. The summed E-state index contributed by atoms with van der Waals surface area (Å²) >= 11 is 0. The highest BCUT2D eigenvalue weighted by atomic mass is 16.6. The van der Waals surface area contributed by atoms with Crippen molar-refractivity contribution in [2.24, 2.45) is 5.73 Å². The van der Waals surface area contributed by atoms with Crippen molar-refractivity contribution in [1.29, 1.82) is 0 Å². The van der Waals surface area contributed by atoms with Gasteiger partial charge in [-0.05, 0) is 26.8 Å². The largest absolute Gasteiger partial charge is 0.496 e. The molecule has 1 unspecified atom stereocenters. The molecule has 7 nitrogen and oxygen atoms in total. The third-order valence-corrected chi connectivity index (χ3v) is 2.60. The Morgan fingerprint density at radius 2 is 2.05 bits per heavy atom. The van der Waals surface area contributed by atoms with E-state index in [0.29, 0.717) is 17.2 Å². The number of carbonyl (C=O) groups is 1. The predicted octanol–water partition coefficient (Wildman–Crippen LogP) is 1.62. The second-order valence-electron chi connectivity index (χ2n) is 5.37. The lowest BCUT2D eigenvalue weighted by Crippen LogP contribution is -2.38. The maximum Gasteiger partial charge on any atom is 0.408 e. The van der Waals surface area contributed by atoms with Crippen LogP contribution < -0.4 is 20.5 Å². The highest BCUT2D eigenvalue weighted by molar-refractivity contribution is 5.69. The Morgan fingerprint density at radius 1 is 1.38 bits per heavy atom. The number of alkyl carbamates (subject to hydrolysis) is 1. The Bertz CT molecular complexity index is 463. The fraction of sp³-hybridized carbons (Fsp3) is 0.571. The first-order valence-electron chi connectivity index (χ1n) is 6.58. The summed E-state index contributed by atoms with van der Waals surface area (Å²) in [6.45, 7) is 5.51. The summed E-state index contributed by atoms with van der Waals surface area (Å²) in [6.07, 6.45) is 0.994. The van der Waals surface area contributed by atoms with E-state index in [0.717, 1.165) is 0 Å². The molecule has 0 aliphatic carbocycles. The van der Waals surface area contributed by atoms with Crippen LogP contribution in [-0.2, 0) is 4.74 Å². The predicted molar refractivity (Wildman–Crippen MR) is 78.5 cm³/mol. The summed E-state index contributed by atoms with van der Waals surface area (Å²) in [6, 6.07) is 1.15. The molecular weight excluding hydrogens is 274 g/mol. The fourth-order valence-corrected chi connectivity index (χ4v) is 1.80. The molecule has 1 amide bonds. The molecule has 3 N–H and O–H groups in total. The zero-order valence-corrected chi connectivity index (χ0v) is 13.1. The van der Waals surface area contributed by atoms with E-state index in [1.54, 1.807) is 33.0 Å². The van der Waals surface area contributed by atoms with E-state index in [1.807, 2.05) is 0 Å². The second kappa shape index (κ2) is 7.12. The minimum absolute atomic E-state index is 0.150. The highest BCUT2D eigenvalue weighted by Crippen LogP contribution is 2.31. The van der Waals surface area contributed by atoms with Crippen molar-refractivity contribution >= 4 is 6.09 Å². The number of pyridine rings is 1. The molecule has 0 spiro atoms. The van der Waals surface area contributed by atoms with Gasteiger partial charge in [0.05, 0.1) is 25.8 Å². The molecule has 7 heteroatoms. The Balaban J connectivity index is 3.02. The van der Waals surface area contributed by atoms with Crippen LogP contribution in [0.15, 0.2) is 12.3 Å². The Kier molecular flexibility index (Phi) is 5.78. The van der Waals surface area contributed by atoms with Crippen molar-refractivity contribution in [3.63, 3.8) is 0 Å². The first kappa shape index (κ1) is 17.0. The lowest BCUT2D eigenvalue weighted by Gasteiger charge is -2.24. The van der Waals surface area contributed by atoms with Crippen molar-refractivity contribution in [1.82, 2.24) is 10.3 Å². The first-order chi connectivity index (χ1) is 9.82. The number of nitrogens with zero attached hydrogens (tertiary/aromatic N) is 1. The highest BCUT2D eigenvalue weighted by Gasteiger charge is 2.25. The molecule has 0 bridgehead atoms. The topological polar surface area (TPSA) is 95.7 Å². The smallest absolute Gasteiger partial charge is 0.408 e. The minimum atomic E-state index is -0.591. The first-order valence-corrected chi connectivity index (χ1v) is 6.58. The van der Waals surface area contributed by atoms with E-state index in [9.17, 15) is 4.79 Å². The average Bonchev–Trinajstić information content (AvgIpc) is 2.42. The van der Waals surface area contributed by atoms with Gasteiger partial charge in [0, 0.05) is 12.7 Å². The summed E-state index contributed by atoms with van der Waals surface area (Å²) in [7, 11) is 3.02. The van der Waals surface area contributed by atoms with Gasteiger partial charge < -0.3 is 25.3 Å². The summed E-state index contributed by atoms with van der Waals surface area (Å²) in [5.41, 5.74) is 5.74. The van der Waals surface area contributed by atoms with Gasteiger partial charge in [-0.1, -0.05) is 0 Å². The van der Waals surface area contributed by atoms with E-state index < -0.39 is 17.7 Å². The molecular formula is C14H23N3O4. The van der Waals surface area contributed by atoms with E-state index in [-0.39, 0.29) is 6.54 Å². The van der Waals surface area contributed by atoms with Crippen molar-refractivity contribution in [3.8, 4) is 11.6 Å². The molecule has 1 aromatic rings. The van der Waals surface area contributed by atoms with Gasteiger partial charge in [0.15, 0.2) is 0 Å². The van der Waals surface area contributed by atoms with Crippen LogP contribution in [0.25, 0.3) is 0 Å². The molecule has 0 aliphatic heterocycles. The number of rotatable bonds is 5. The lowest BCUT2D eigenvalue weighted by molar-refractivity contribution is 0.0504. The number of hydrogen-bond donors (Lipinski definition) is 2. The molecule has 0 fully saturated rings. The molecule has 0 saturated carbocycles. The van der Waals surface area contributed by atoms with Crippen LogP contribution in [0.4, 0.5) is 4.79 Å². The summed E-state index contributed by atoms with van der Waals surface area (Å²) in [4.78, 5) is 16.0. The number of aromatic nitrogens is 1. The quantitative estimate of drug-likeness (QED) is 0.857. The number of amides is 1.